The molecule has 1 fully saturated rings. The second-order valence-corrected chi connectivity index (χ2v) is 10.0. The molecule has 0 bridgehead atoms. The van der Waals surface area contributed by atoms with Crippen molar-refractivity contribution in [3.63, 3.8) is 0 Å². The van der Waals surface area contributed by atoms with E-state index in [2.05, 4.69) is 48.2 Å². The number of carboxylic acids is 1. The number of nitrogens with zero attached hydrogens (tertiary/aromatic N) is 1. The Bertz CT molecular complexity index is 1180. The van der Waals surface area contributed by atoms with Crippen LogP contribution < -0.4 is 9.47 Å². The number of thiophene rings is 1. The highest BCUT2D eigenvalue weighted by Gasteiger charge is 2.28. The van der Waals surface area contributed by atoms with Crippen molar-refractivity contribution in [3.05, 3.63) is 75.5 Å². The van der Waals surface area contributed by atoms with Crippen LogP contribution in [0.4, 0.5) is 0 Å². The van der Waals surface area contributed by atoms with Crippen LogP contribution in [0, 0.1) is 12.8 Å². The summed E-state index contributed by atoms with van der Waals surface area (Å²) in [7, 11) is 0. The minimum absolute atomic E-state index is 0.252. The highest BCUT2D eigenvalue weighted by molar-refractivity contribution is 7.12. The molecule has 33 heavy (non-hydrogen) atoms. The molecule has 1 saturated heterocycles. The van der Waals surface area contributed by atoms with E-state index in [0.29, 0.717) is 19.8 Å². The second kappa shape index (κ2) is 9.41. The normalized spacial score (nSPS) is 17.8. The zero-order valence-electron chi connectivity index (χ0n) is 18.6. The van der Waals surface area contributed by atoms with E-state index < -0.39 is 5.97 Å². The van der Waals surface area contributed by atoms with Gasteiger partial charge in [-0.15, -0.1) is 11.3 Å². The number of ether oxygens (including phenoxy) is 2. The molecule has 0 saturated carbocycles. The molecule has 1 atom stereocenters. The molecule has 1 aromatic heterocycles. The first-order valence-electron chi connectivity index (χ1n) is 11.2. The number of likely N-dealkylation sites (tertiary alicyclic amines) is 1. The van der Waals surface area contributed by atoms with Gasteiger partial charge in [-0.2, -0.15) is 0 Å². The number of hydrogen-bond acceptors (Lipinski definition) is 5. The fourth-order valence-corrected chi connectivity index (χ4v) is 5.49. The maximum absolute atomic E-state index is 11.2. The summed E-state index contributed by atoms with van der Waals surface area (Å²) < 4.78 is 12.1. The van der Waals surface area contributed by atoms with E-state index in [1.165, 1.54) is 26.5 Å². The summed E-state index contributed by atoms with van der Waals surface area (Å²) in [6, 6.07) is 18.6. The van der Waals surface area contributed by atoms with Crippen LogP contribution in [0.1, 0.15) is 21.7 Å². The van der Waals surface area contributed by atoms with E-state index >= 15 is 0 Å². The number of hydrogen-bond donors (Lipinski definition) is 1. The van der Waals surface area contributed by atoms with Crippen LogP contribution in [-0.4, -0.2) is 42.2 Å². The molecule has 0 radical (unpaired) electrons. The SMILES string of the molecule is Cc1sc(COc2ccc3c(c2)OCC(CN2CCC(C(=O)O)C2)=C3)cc1-c1ccccc1. The molecule has 5 rings (SSSR count). The molecule has 2 aliphatic rings. The van der Waals surface area contributed by atoms with E-state index in [0.717, 1.165) is 36.6 Å². The molecule has 170 valence electrons. The highest BCUT2D eigenvalue weighted by atomic mass is 32.1. The minimum Gasteiger partial charge on any atom is -0.488 e. The summed E-state index contributed by atoms with van der Waals surface area (Å²) in [6.07, 6.45) is 2.88. The second-order valence-electron chi connectivity index (χ2n) is 8.69. The lowest BCUT2D eigenvalue weighted by molar-refractivity contribution is -0.141. The van der Waals surface area contributed by atoms with Crippen LogP contribution in [-0.2, 0) is 11.4 Å². The molecule has 2 aliphatic heterocycles. The molecule has 0 amide bonds. The van der Waals surface area contributed by atoms with Crippen molar-refractivity contribution in [2.45, 2.75) is 20.0 Å². The van der Waals surface area contributed by atoms with Crippen molar-refractivity contribution >= 4 is 23.4 Å². The lowest BCUT2D eigenvalue weighted by Crippen LogP contribution is -2.27. The van der Waals surface area contributed by atoms with E-state index in [-0.39, 0.29) is 5.92 Å². The summed E-state index contributed by atoms with van der Waals surface area (Å²) in [5, 5.41) is 9.20. The van der Waals surface area contributed by atoms with Crippen LogP contribution in [0.2, 0.25) is 0 Å². The van der Waals surface area contributed by atoms with Gasteiger partial charge in [0, 0.05) is 34.5 Å². The fourth-order valence-electron chi connectivity index (χ4n) is 4.51. The minimum atomic E-state index is -0.696. The first kappa shape index (κ1) is 21.7. The lowest BCUT2D eigenvalue weighted by atomic mass is 10.1. The Hall–Kier alpha value is -3.09. The molecule has 5 nitrogen and oxygen atoms in total. The van der Waals surface area contributed by atoms with Gasteiger partial charge in [0.05, 0.1) is 5.92 Å². The van der Waals surface area contributed by atoms with E-state index in [1.54, 1.807) is 11.3 Å². The van der Waals surface area contributed by atoms with Gasteiger partial charge in [0.15, 0.2) is 0 Å². The average molecular weight is 462 g/mol. The Morgan fingerprint density at radius 3 is 2.85 bits per heavy atom. The van der Waals surface area contributed by atoms with Crippen molar-refractivity contribution in [2.75, 3.05) is 26.2 Å². The first-order chi connectivity index (χ1) is 16.0. The first-order valence-corrected chi connectivity index (χ1v) is 12.1. The van der Waals surface area contributed by atoms with Crippen molar-refractivity contribution in [2.24, 2.45) is 5.92 Å². The Kier molecular flexibility index (Phi) is 6.20. The Labute approximate surface area is 197 Å². The predicted molar refractivity (Wildman–Crippen MR) is 131 cm³/mol. The maximum atomic E-state index is 11.2. The summed E-state index contributed by atoms with van der Waals surface area (Å²) >= 11 is 1.77. The van der Waals surface area contributed by atoms with Crippen molar-refractivity contribution in [3.8, 4) is 22.6 Å². The average Bonchev–Trinajstić information content (AvgIpc) is 3.45. The third kappa shape index (κ3) is 4.97. The van der Waals surface area contributed by atoms with Gasteiger partial charge in [-0.1, -0.05) is 30.3 Å². The van der Waals surface area contributed by atoms with Gasteiger partial charge in [-0.05, 0) is 60.9 Å². The molecular weight excluding hydrogens is 434 g/mol. The fraction of sp³-hybridized carbons (Fsp3) is 0.296. The topological polar surface area (TPSA) is 59.0 Å². The van der Waals surface area contributed by atoms with Crippen molar-refractivity contribution in [1.82, 2.24) is 4.90 Å². The quantitative estimate of drug-likeness (QED) is 0.505. The Morgan fingerprint density at radius 2 is 2.06 bits per heavy atom. The standard InChI is InChI=1S/C27H27NO4S/c1-18-25(20-5-3-2-4-6-20)13-24(33-18)17-31-23-8-7-21-11-19(16-32-26(21)12-23)14-28-10-9-22(15-28)27(29)30/h2-8,11-13,22H,9-10,14-17H2,1H3,(H,29,30). The van der Waals surface area contributed by atoms with Crippen LogP contribution >= 0.6 is 11.3 Å². The maximum Gasteiger partial charge on any atom is 0.307 e. The molecule has 1 N–H and O–H groups in total. The lowest BCUT2D eigenvalue weighted by Gasteiger charge is -2.22. The third-order valence-corrected chi connectivity index (χ3v) is 7.26. The summed E-state index contributed by atoms with van der Waals surface area (Å²) in [6.45, 7) is 5.38. The summed E-state index contributed by atoms with van der Waals surface area (Å²) in [5.74, 6) is 0.673. The molecule has 3 heterocycles. The largest absolute Gasteiger partial charge is 0.488 e. The number of carbonyl (C=O) groups is 1. The van der Waals surface area contributed by atoms with Crippen molar-refractivity contribution < 1.29 is 19.4 Å². The Morgan fingerprint density at radius 1 is 1.21 bits per heavy atom. The number of rotatable bonds is 7. The van der Waals surface area contributed by atoms with Crippen LogP contribution in [0.5, 0.6) is 11.5 Å². The number of fused-ring (bicyclic) bond motifs is 1. The van der Waals surface area contributed by atoms with Crippen LogP contribution in [0.25, 0.3) is 17.2 Å². The predicted octanol–water partition coefficient (Wildman–Crippen LogP) is 5.48. The number of aryl methyl sites for hydroxylation is 1. The van der Waals surface area contributed by atoms with Crippen LogP contribution in [0.15, 0.2) is 60.2 Å². The monoisotopic (exact) mass is 461 g/mol. The highest BCUT2D eigenvalue weighted by Crippen LogP contribution is 2.34. The zero-order valence-corrected chi connectivity index (χ0v) is 19.4. The summed E-state index contributed by atoms with van der Waals surface area (Å²) in [4.78, 5) is 15.9. The number of benzene rings is 2. The molecule has 0 spiro atoms. The molecular formula is C27H27NO4S. The third-order valence-electron chi connectivity index (χ3n) is 6.24. The molecule has 1 unspecified atom stereocenters. The number of aliphatic carboxylic acids is 1. The van der Waals surface area contributed by atoms with E-state index in [9.17, 15) is 9.90 Å². The van der Waals surface area contributed by atoms with Crippen LogP contribution in [0.3, 0.4) is 0 Å². The Balaban J connectivity index is 1.21. The molecule has 6 heteroatoms. The van der Waals surface area contributed by atoms with Gasteiger partial charge in [0.2, 0.25) is 0 Å². The van der Waals surface area contributed by atoms with E-state index in [4.69, 9.17) is 9.47 Å². The van der Waals surface area contributed by atoms with Gasteiger partial charge in [-0.3, -0.25) is 9.69 Å². The smallest absolute Gasteiger partial charge is 0.307 e. The van der Waals surface area contributed by atoms with Gasteiger partial charge < -0.3 is 14.6 Å². The molecule has 2 aromatic carbocycles. The summed E-state index contributed by atoms with van der Waals surface area (Å²) in [5.41, 5.74) is 4.70. The zero-order chi connectivity index (χ0) is 22.8. The van der Waals surface area contributed by atoms with E-state index in [1.807, 2.05) is 24.3 Å². The van der Waals surface area contributed by atoms with Gasteiger partial charge in [0.25, 0.3) is 0 Å². The van der Waals surface area contributed by atoms with Gasteiger partial charge >= 0.3 is 5.97 Å². The van der Waals surface area contributed by atoms with Crippen molar-refractivity contribution in [1.29, 1.82) is 0 Å². The molecule has 3 aromatic rings. The van der Waals surface area contributed by atoms with Gasteiger partial charge in [-0.25, -0.2) is 0 Å². The molecule has 0 aliphatic carbocycles. The number of carboxylic acid groups (broad SMARTS) is 1. The van der Waals surface area contributed by atoms with Gasteiger partial charge in [0.1, 0.15) is 24.7 Å².